The Morgan fingerprint density at radius 1 is 1.44 bits per heavy atom. The lowest BCUT2D eigenvalue weighted by atomic mass is 10.2. The number of hydrogen-bond acceptors (Lipinski definition) is 3. The fourth-order valence-electron chi connectivity index (χ4n) is 1.02. The van der Waals surface area contributed by atoms with Gasteiger partial charge in [-0.2, -0.15) is 0 Å². The first kappa shape index (κ1) is 13.4. The molecule has 0 spiro atoms. The minimum absolute atomic E-state index is 0.481. The van der Waals surface area contributed by atoms with Gasteiger partial charge >= 0.3 is 6.09 Å². The molecule has 16 heavy (non-hydrogen) atoms. The van der Waals surface area contributed by atoms with Crippen LogP contribution in [-0.2, 0) is 4.74 Å². The van der Waals surface area contributed by atoms with E-state index < -0.39 is 11.7 Å². The van der Waals surface area contributed by atoms with Gasteiger partial charge in [0.05, 0.1) is 5.69 Å². The number of thiol groups is 1. The highest BCUT2D eigenvalue weighted by Crippen LogP contribution is 2.24. The molecule has 0 aliphatic heterocycles. The number of benzene rings is 1. The van der Waals surface area contributed by atoms with Crippen LogP contribution in [0.25, 0.3) is 0 Å². The van der Waals surface area contributed by atoms with Crippen molar-refractivity contribution < 1.29 is 9.53 Å². The number of carbonyl (C=O) groups excluding carboxylic acids is 1. The van der Waals surface area contributed by atoms with Crippen molar-refractivity contribution in [2.75, 3.05) is 5.32 Å². The van der Waals surface area contributed by atoms with E-state index >= 15 is 0 Å². The normalized spacial score (nSPS) is 11.1. The van der Waals surface area contributed by atoms with Crippen molar-refractivity contribution in [3.05, 3.63) is 22.7 Å². The molecule has 0 saturated carbocycles. The minimum Gasteiger partial charge on any atom is -0.444 e. The summed E-state index contributed by atoms with van der Waals surface area (Å²) in [5, 5.41) is 2.64. The van der Waals surface area contributed by atoms with E-state index in [0.717, 1.165) is 4.47 Å². The van der Waals surface area contributed by atoms with Gasteiger partial charge in [0.15, 0.2) is 0 Å². The first-order chi connectivity index (χ1) is 7.28. The number of rotatable bonds is 1. The topological polar surface area (TPSA) is 38.3 Å². The zero-order valence-corrected chi connectivity index (χ0v) is 11.9. The fourth-order valence-corrected chi connectivity index (χ4v) is 1.83. The highest BCUT2D eigenvalue weighted by Gasteiger charge is 2.16. The molecule has 0 unspecified atom stereocenters. The second-order valence-electron chi connectivity index (χ2n) is 4.29. The van der Waals surface area contributed by atoms with Crippen molar-refractivity contribution >= 4 is 40.3 Å². The van der Waals surface area contributed by atoms with Crippen molar-refractivity contribution in [3.8, 4) is 0 Å². The Kier molecular flexibility index (Phi) is 4.27. The third-order valence-corrected chi connectivity index (χ3v) is 2.46. The van der Waals surface area contributed by atoms with E-state index in [9.17, 15) is 4.79 Å². The summed E-state index contributed by atoms with van der Waals surface area (Å²) in [5.41, 5.74) is 0.122. The van der Waals surface area contributed by atoms with Crippen molar-refractivity contribution in [2.24, 2.45) is 0 Å². The molecule has 1 rings (SSSR count). The fraction of sp³-hybridized carbons (Fsp3) is 0.364. The zero-order valence-electron chi connectivity index (χ0n) is 9.37. The van der Waals surface area contributed by atoms with Crippen LogP contribution in [0.4, 0.5) is 10.5 Å². The van der Waals surface area contributed by atoms with E-state index in [1.807, 2.05) is 26.8 Å². The molecule has 0 bridgehead atoms. The lowest BCUT2D eigenvalue weighted by Crippen LogP contribution is -2.27. The Balaban J connectivity index is 2.70. The number of anilines is 1. The maximum Gasteiger partial charge on any atom is 0.412 e. The highest BCUT2D eigenvalue weighted by molar-refractivity contribution is 9.10. The summed E-state index contributed by atoms with van der Waals surface area (Å²) in [6.45, 7) is 5.45. The van der Waals surface area contributed by atoms with Crippen LogP contribution in [0.15, 0.2) is 27.6 Å². The van der Waals surface area contributed by atoms with Gasteiger partial charge in [-0.05, 0) is 39.0 Å². The number of carbonyl (C=O) groups is 1. The van der Waals surface area contributed by atoms with Gasteiger partial charge in [0.2, 0.25) is 0 Å². The van der Waals surface area contributed by atoms with Crippen LogP contribution in [0.2, 0.25) is 0 Å². The zero-order chi connectivity index (χ0) is 12.3. The molecular formula is C11H14BrNO2S. The van der Waals surface area contributed by atoms with Gasteiger partial charge in [-0.25, -0.2) is 4.79 Å². The van der Waals surface area contributed by atoms with E-state index in [-0.39, 0.29) is 0 Å². The number of ether oxygens (including phenoxy) is 1. The Hall–Kier alpha value is -0.680. The standard InChI is InChI=1S/C11H14BrNO2S/c1-11(2,3)15-10(14)13-8-5-4-7(12)6-9(8)16/h4-6,16H,1-3H3,(H,13,14). The summed E-state index contributed by atoms with van der Waals surface area (Å²) < 4.78 is 6.04. The maximum atomic E-state index is 11.5. The molecule has 1 N–H and O–H groups in total. The summed E-state index contributed by atoms with van der Waals surface area (Å²) in [4.78, 5) is 12.2. The van der Waals surface area contributed by atoms with Crippen molar-refractivity contribution in [3.63, 3.8) is 0 Å². The Morgan fingerprint density at radius 3 is 2.56 bits per heavy atom. The van der Waals surface area contributed by atoms with Gasteiger partial charge in [-0.1, -0.05) is 15.9 Å². The average Bonchev–Trinajstić information content (AvgIpc) is 2.06. The lowest BCUT2D eigenvalue weighted by Gasteiger charge is -2.20. The second-order valence-corrected chi connectivity index (χ2v) is 5.69. The third kappa shape index (κ3) is 4.45. The van der Waals surface area contributed by atoms with Crippen LogP contribution < -0.4 is 5.32 Å². The number of amides is 1. The molecular weight excluding hydrogens is 290 g/mol. The molecule has 0 aromatic heterocycles. The number of nitrogens with one attached hydrogen (secondary N) is 1. The van der Waals surface area contributed by atoms with Gasteiger partial charge in [-0.15, -0.1) is 12.6 Å². The van der Waals surface area contributed by atoms with Gasteiger partial charge in [0.25, 0.3) is 0 Å². The molecule has 0 aliphatic carbocycles. The van der Waals surface area contributed by atoms with E-state index in [1.165, 1.54) is 0 Å². The SMILES string of the molecule is CC(C)(C)OC(=O)Nc1ccc(Br)cc1S. The molecule has 1 aromatic carbocycles. The molecule has 5 heteroatoms. The lowest BCUT2D eigenvalue weighted by molar-refractivity contribution is 0.0635. The van der Waals surface area contributed by atoms with Crippen molar-refractivity contribution in [1.82, 2.24) is 0 Å². The molecule has 1 amide bonds. The molecule has 0 atom stereocenters. The van der Waals surface area contributed by atoms with E-state index in [2.05, 4.69) is 33.9 Å². The molecule has 0 saturated heterocycles. The largest absolute Gasteiger partial charge is 0.444 e. The van der Waals surface area contributed by atoms with Crippen molar-refractivity contribution in [1.29, 1.82) is 0 Å². The molecule has 0 radical (unpaired) electrons. The Morgan fingerprint density at radius 2 is 2.06 bits per heavy atom. The van der Waals surface area contributed by atoms with Crippen LogP contribution in [0.3, 0.4) is 0 Å². The Labute approximate surface area is 109 Å². The quantitative estimate of drug-likeness (QED) is 0.767. The van der Waals surface area contributed by atoms with Crippen LogP contribution in [0.5, 0.6) is 0 Å². The summed E-state index contributed by atoms with van der Waals surface area (Å²) in [7, 11) is 0. The summed E-state index contributed by atoms with van der Waals surface area (Å²) in [6.07, 6.45) is -0.481. The van der Waals surface area contributed by atoms with Crippen LogP contribution >= 0.6 is 28.6 Å². The van der Waals surface area contributed by atoms with Crippen molar-refractivity contribution in [2.45, 2.75) is 31.3 Å². The van der Waals surface area contributed by atoms with E-state index in [1.54, 1.807) is 12.1 Å². The second kappa shape index (κ2) is 5.10. The first-order valence-electron chi connectivity index (χ1n) is 4.76. The summed E-state index contributed by atoms with van der Waals surface area (Å²) in [6, 6.07) is 5.39. The Bertz CT molecular complexity index is 401. The first-order valence-corrected chi connectivity index (χ1v) is 6.00. The monoisotopic (exact) mass is 303 g/mol. The van der Waals surface area contributed by atoms with E-state index in [0.29, 0.717) is 10.6 Å². The van der Waals surface area contributed by atoms with E-state index in [4.69, 9.17) is 4.74 Å². The van der Waals surface area contributed by atoms with Gasteiger partial charge in [0.1, 0.15) is 5.60 Å². The predicted molar refractivity (Wildman–Crippen MR) is 71.3 cm³/mol. The minimum atomic E-state index is -0.504. The van der Waals surface area contributed by atoms with Crippen LogP contribution in [0, 0.1) is 0 Å². The highest BCUT2D eigenvalue weighted by atomic mass is 79.9. The molecule has 0 aliphatic rings. The summed E-state index contributed by atoms with van der Waals surface area (Å²) >= 11 is 7.57. The van der Waals surface area contributed by atoms with Crippen LogP contribution in [-0.4, -0.2) is 11.7 Å². The average molecular weight is 304 g/mol. The molecule has 0 fully saturated rings. The number of hydrogen-bond donors (Lipinski definition) is 2. The maximum absolute atomic E-state index is 11.5. The van der Waals surface area contributed by atoms with Crippen LogP contribution in [0.1, 0.15) is 20.8 Å². The molecule has 1 aromatic rings. The molecule has 0 heterocycles. The molecule has 88 valence electrons. The van der Waals surface area contributed by atoms with Gasteiger partial charge < -0.3 is 4.74 Å². The number of halogens is 1. The van der Waals surface area contributed by atoms with Gasteiger partial charge in [0, 0.05) is 9.37 Å². The van der Waals surface area contributed by atoms with Gasteiger partial charge in [-0.3, -0.25) is 5.32 Å². The smallest absolute Gasteiger partial charge is 0.412 e. The third-order valence-electron chi connectivity index (χ3n) is 1.60. The molecule has 3 nitrogen and oxygen atoms in total. The summed E-state index contributed by atoms with van der Waals surface area (Å²) in [5.74, 6) is 0. The predicted octanol–water partition coefficient (Wildman–Crippen LogP) is 4.08.